The van der Waals surface area contributed by atoms with Gasteiger partial charge in [-0.2, -0.15) is 0 Å². The highest BCUT2D eigenvalue weighted by Crippen LogP contribution is 2.17. The number of carbonyl (C=O) groups excluding carboxylic acids is 1. The van der Waals surface area contributed by atoms with Gasteiger partial charge in [0.2, 0.25) is 5.89 Å². The fourth-order valence-corrected chi connectivity index (χ4v) is 1.49. The van der Waals surface area contributed by atoms with Gasteiger partial charge in [-0.1, -0.05) is 0 Å². The summed E-state index contributed by atoms with van der Waals surface area (Å²) in [6.07, 6.45) is 0. The summed E-state index contributed by atoms with van der Waals surface area (Å²) in [6, 6.07) is 6.99. The van der Waals surface area contributed by atoms with Gasteiger partial charge in [0.05, 0.1) is 0 Å². The third-order valence-electron chi connectivity index (χ3n) is 2.22. The van der Waals surface area contributed by atoms with E-state index in [0.29, 0.717) is 11.5 Å². The molecular formula is C11H11N3O2S. The van der Waals surface area contributed by atoms with E-state index in [1.165, 1.54) is 4.90 Å². The molecule has 1 heterocycles. The molecule has 6 heteroatoms. The number of hydrogen-bond donors (Lipinski definition) is 1. The van der Waals surface area contributed by atoms with Crippen LogP contribution in [0.15, 0.2) is 28.7 Å². The first-order valence-corrected chi connectivity index (χ1v) is 5.36. The molecule has 0 saturated carbocycles. The molecule has 5 nitrogen and oxygen atoms in total. The highest BCUT2D eigenvalue weighted by molar-refractivity contribution is 7.71. The summed E-state index contributed by atoms with van der Waals surface area (Å²) in [5.41, 5.74) is 1.39. The Labute approximate surface area is 103 Å². The van der Waals surface area contributed by atoms with E-state index >= 15 is 0 Å². The second-order valence-electron chi connectivity index (χ2n) is 3.70. The molecule has 2 rings (SSSR count). The number of benzene rings is 1. The number of rotatable bonds is 2. The number of carbonyl (C=O) groups is 1. The van der Waals surface area contributed by atoms with E-state index in [-0.39, 0.29) is 10.7 Å². The van der Waals surface area contributed by atoms with E-state index in [2.05, 4.69) is 10.2 Å². The average molecular weight is 249 g/mol. The van der Waals surface area contributed by atoms with Gasteiger partial charge in [-0.15, -0.1) is 5.10 Å². The van der Waals surface area contributed by atoms with Crippen LogP contribution in [0.2, 0.25) is 0 Å². The van der Waals surface area contributed by atoms with Crippen molar-refractivity contribution in [2.24, 2.45) is 0 Å². The van der Waals surface area contributed by atoms with Crippen molar-refractivity contribution < 1.29 is 9.21 Å². The molecule has 2 aromatic rings. The largest absolute Gasteiger partial charge is 0.409 e. The fourth-order valence-electron chi connectivity index (χ4n) is 1.37. The van der Waals surface area contributed by atoms with Crippen molar-refractivity contribution in [1.29, 1.82) is 0 Å². The minimum Gasteiger partial charge on any atom is -0.409 e. The van der Waals surface area contributed by atoms with Crippen LogP contribution in [0, 0.1) is 4.84 Å². The lowest BCUT2D eigenvalue weighted by atomic mass is 10.1. The van der Waals surface area contributed by atoms with Crippen LogP contribution in [0.4, 0.5) is 0 Å². The Balaban J connectivity index is 2.30. The summed E-state index contributed by atoms with van der Waals surface area (Å²) >= 11 is 4.79. The van der Waals surface area contributed by atoms with Gasteiger partial charge in [0, 0.05) is 25.2 Å². The van der Waals surface area contributed by atoms with Crippen molar-refractivity contribution in [3.05, 3.63) is 34.7 Å². The molecule has 0 aliphatic carbocycles. The van der Waals surface area contributed by atoms with Crippen molar-refractivity contribution in [2.75, 3.05) is 14.1 Å². The van der Waals surface area contributed by atoms with Crippen molar-refractivity contribution >= 4 is 18.1 Å². The Morgan fingerprint density at radius 1 is 1.35 bits per heavy atom. The highest BCUT2D eigenvalue weighted by atomic mass is 32.1. The first-order valence-electron chi connectivity index (χ1n) is 4.95. The summed E-state index contributed by atoms with van der Waals surface area (Å²) in [7, 11) is 3.42. The van der Waals surface area contributed by atoms with Gasteiger partial charge in [0.25, 0.3) is 10.7 Å². The van der Waals surface area contributed by atoms with Gasteiger partial charge in [-0.25, -0.2) is 5.10 Å². The monoisotopic (exact) mass is 249 g/mol. The van der Waals surface area contributed by atoms with Crippen LogP contribution in [0.5, 0.6) is 0 Å². The summed E-state index contributed by atoms with van der Waals surface area (Å²) < 4.78 is 5.17. The predicted octanol–water partition coefficient (Wildman–Crippen LogP) is 2.10. The van der Waals surface area contributed by atoms with Crippen LogP contribution in [-0.2, 0) is 0 Å². The van der Waals surface area contributed by atoms with E-state index in [4.69, 9.17) is 16.6 Å². The molecule has 1 amide bonds. The summed E-state index contributed by atoms with van der Waals surface area (Å²) in [5.74, 6) is 0.373. The maximum Gasteiger partial charge on any atom is 0.284 e. The predicted molar refractivity (Wildman–Crippen MR) is 65.1 cm³/mol. The van der Waals surface area contributed by atoms with E-state index in [9.17, 15) is 4.79 Å². The van der Waals surface area contributed by atoms with Crippen LogP contribution in [0.25, 0.3) is 11.5 Å². The summed E-state index contributed by atoms with van der Waals surface area (Å²) in [4.78, 5) is 13.4. The Morgan fingerprint density at radius 2 is 2.00 bits per heavy atom. The maximum absolute atomic E-state index is 11.7. The summed E-state index contributed by atoms with van der Waals surface area (Å²) in [6.45, 7) is 0. The van der Waals surface area contributed by atoms with Gasteiger partial charge in [0.1, 0.15) is 0 Å². The molecule has 0 aliphatic rings. The maximum atomic E-state index is 11.7. The van der Waals surface area contributed by atoms with E-state index in [1.54, 1.807) is 38.4 Å². The Hall–Kier alpha value is -1.95. The van der Waals surface area contributed by atoms with E-state index in [1.807, 2.05) is 0 Å². The average Bonchev–Trinajstić information content (AvgIpc) is 2.75. The zero-order chi connectivity index (χ0) is 12.4. The number of nitrogens with zero attached hydrogens (tertiary/aromatic N) is 2. The van der Waals surface area contributed by atoms with E-state index < -0.39 is 0 Å². The zero-order valence-electron chi connectivity index (χ0n) is 9.43. The van der Waals surface area contributed by atoms with Crippen LogP contribution in [0.3, 0.4) is 0 Å². The number of hydrogen-bond acceptors (Lipinski definition) is 4. The van der Waals surface area contributed by atoms with E-state index in [0.717, 1.165) is 5.56 Å². The molecule has 1 aromatic heterocycles. The lowest BCUT2D eigenvalue weighted by Gasteiger charge is -2.09. The number of aromatic amines is 1. The molecule has 0 bridgehead atoms. The lowest BCUT2D eigenvalue weighted by Crippen LogP contribution is -2.21. The molecule has 0 saturated heterocycles. The second kappa shape index (κ2) is 4.50. The van der Waals surface area contributed by atoms with Gasteiger partial charge < -0.3 is 9.32 Å². The van der Waals surface area contributed by atoms with Gasteiger partial charge in [-0.3, -0.25) is 4.79 Å². The molecule has 88 valence electrons. The SMILES string of the molecule is CN(C)C(=O)c1ccc(-c2n[nH]c(=S)o2)cc1. The van der Waals surface area contributed by atoms with Crippen LogP contribution >= 0.6 is 12.2 Å². The normalized spacial score (nSPS) is 10.2. The number of H-pyrrole nitrogens is 1. The van der Waals surface area contributed by atoms with Gasteiger partial charge in [0.15, 0.2) is 0 Å². The highest BCUT2D eigenvalue weighted by Gasteiger charge is 2.09. The van der Waals surface area contributed by atoms with Crippen LogP contribution in [-0.4, -0.2) is 35.1 Å². The Kier molecular flexibility index (Phi) is 3.06. The minimum absolute atomic E-state index is 0.0422. The quantitative estimate of drug-likeness (QED) is 0.828. The molecular weight excluding hydrogens is 238 g/mol. The van der Waals surface area contributed by atoms with Crippen LogP contribution in [0.1, 0.15) is 10.4 Å². The number of amides is 1. The first kappa shape index (κ1) is 11.5. The second-order valence-corrected chi connectivity index (χ2v) is 4.07. The third-order valence-corrected chi connectivity index (χ3v) is 2.40. The molecule has 0 spiro atoms. The molecule has 0 fully saturated rings. The van der Waals surface area contributed by atoms with Crippen LogP contribution < -0.4 is 0 Å². The smallest absolute Gasteiger partial charge is 0.284 e. The van der Waals surface area contributed by atoms with Gasteiger partial charge >= 0.3 is 0 Å². The molecule has 0 atom stereocenters. The molecule has 1 N–H and O–H groups in total. The number of nitrogens with one attached hydrogen (secondary N) is 1. The van der Waals surface area contributed by atoms with Crippen molar-refractivity contribution in [1.82, 2.24) is 15.1 Å². The van der Waals surface area contributed by atoms with Crippen molar-refractivity contribution in [2.45, 2.75) is 0 Å². The molecule has 0 radical (unpaired) electrons. The standard InChI is InChI=1S/C11H11N3O2S/c1-14(2)10(15)8-5-3-7(4-6-8)9-12-13-11(17)16-9/h3-6H,1-2H3,(H,13,17). The Morgan fingerprint density at radius 3 is 2.47 bits per heavy atom. The summed E-state index contributed by atoms with van der Waals surface area (Å²) in [5, 5.41) is 6.45. The van der Waals surface area contributed by atoms with Crippen molar-refractivity contribution in [3.8, 4) is 11.5 Å². The minimum atomic E-state index is -0.0422. The number of aromatic nitrogens is 2. The molecule has 1 aromatic carbocycles. The lowest BCUT2D eigenvalue weighted by molar-refractivity contribution is 0.0827. The first-order chi connectivity index (χ1) is 8.08. The zero-order valence-corrected chi connectivity index (χ0v) is 10.2. The van der Waals surface area contributed by atoms with Gasteiger partial charge in [-0.05, 0) is 36.5 Å². The van der Waals surface area contributed by atoms with Crippen molar-refractivity contribution in [3.63, 3.8) is 0 Å². The third kappa shape index (κ3) is 2.42. The molecule has 0 unspecified atom stereocenters. The molecule has 17 heavy (non-hydrogen) atoms. The Bertz CT molecular complexity index is 583. The fraction of sp³-hybridized carbons (Fsp3) is 0.182. The molecule has 0 aliphatic heterocycles. The topological polar surface area (TPSA) is 62.1 Å².